The van der Waals surface area contributed by atoms with Crippen molar-refractivity contribution in [3.63, 3.8) is 0 Å². The molecule has 2 aromatic rings. The first-order valence-corrected chi connectivity index (χ1v) is 10.9. The normalized spacial score (nSPS) is 16.2. The standard InChI is InChI=1S/C22H24FNO4S2/c1-3-27-19-12-15(13-20-21(25)24(9-10-26-2)22(29)30-20)7-8-18(19)28-14-16-5-4-6-17(23)11-16/h4-8,11-12,20H,3,9-10,13-14H2,1-2H3. The number of halogens is 1. The fourth-order valence-electron chi connectivity index (χ4n) is 3.08. The quantitative estimate of drug-likeness (QED) is 0.506. The summed E-state index contributed by atoms with van der Waals surface area (Å²) in [5, 5.41) is -0.261. The molecule has 8 heteroatoms. The van der Waals surface area contributed by atoms with E-state index in [0.717, 1.165) is 11.1 Å². The third-order valence-corrected chi connectivity index (χ3v) is 6.12. The molecule has 1 saturated heterocycles. The highest BCUT2D eigenvalue weighted by molar-refractivity contribution is 8.24. The average Bonchev–Trinajstić information content (AvgIpc) is 2.99. The van der Waals surface area contributed by atoms with Crippen molar-refractivity contribution in [1.82, 2.24) is 4.90 Å². The van der Waals surface area contributed by atoms with Gasteiger partial charge >= 0.3 is 0 Å². The van der Waals surface area contributed by atoms with E-state index in [1.54, 1.807) is 24.1 Å². The molecule has 2 aromatic carbocycles. The molecule has 1 fully saturated rings. The van der Waals surface area contributed by atoms with E-state index in [1.165, 1.54) is 23.9 Å². The Morgan fingerprint density at radius 3 is 2.70 bits per heavy atom. The number of nitrogens with zero attached hydrogens (tertiary/aromatic N) is 1. The second kappa shape index (κ2) is 10.7. The Kier molecular flexibility index (Phi) is 8.07. The third kappa shape index (κ3) is 5.71. The van der Waals surface area contributed by atoms with Crippen LogP contribution in [0.4, 0.5) is 4.39 Å². The summed E-state index contributed by atoms with van der Waals surface area (Å²) in [6.45, 7) is 3.52. The van der Waals surface area contributed by atoms with E-state index in [2.05, 4.69) is 0 Å². The van der Waals surface area contributed by atoms with Crippen LogP contribution >= 0.6 is 24.0 Å². The summed E-state index contributed by atoms with van der Waals surface area (Å²) < 4.78 is 30.6. The Morgan fingerprint density at radius 1 is 1.13 bits per heavy atom. The van der Waals surface area contributed by atoms with Crippen LogP contribution in [-0.2, 0) is 22.6 Å². The van der Waals surface area contributed by atoms with Crippen molar-refractivity contribution >= 4 is 34.2 Å². The van der Waals surface area contributed by atoms with E-state index in [9.17, 15) is 9.18 Å². The van der Waals surface area contributed by atoms with Crippen molar-refractivity contribution in [1.29, 1.82) is 0 Å². The zero-order valence-electron chi connectivity index (χ0n) is 16.9. The fraction of sp³-hybridized carbons (Fsp3) is 0.364. The molecule has 160 valence electrons. The van der Waals surface area contributed by atoms with Crippen LogP contribution in [0.2, 0.25) is 0 Å². The number of amides is 1. The largest absolute Gasteiger partial charge is 0.490 e. The van der Waals surface area contributed by atoms with Gasteiger partial charge in [-0.3, -0.25) is 9.69 Å². The number of ether oxygens (including phenoxy) is 3. The van der Waals surface area contributed by atoms with Crippen LogP contribution in [0.3, 0.4) is 0 Å². The summed E-state index contributed by atoms with van der Waals surface area (Å²) in [4.78, 5) is 14.3. The van der Waals surface area contributed by atoms with Gasteiger partial charge < -0.3 is 14.2 Å². The highest BCUT2D eigenvalue weighted by atomic mass is 32.2. The van der Waals surface area contributed by atoms with E-state index >= 15 is 0 Å². The molecule has 0 radical (unpaired) electrons. The van der Waals surface area contributed by atoms with Crippen LogP contribution in [0, 0.1) is 5.82 Å². The predicted octanol–water partition coefficient (Wildman–Crippen LogP) is 4.22. The molecule has 0 aromatic heterocycles. The third-order valence-electron chi connectivity index (χ3n) is 4.54. The first-order chi connectivity index (χ1) is 14.5. The smallest absolute Gasteiger partial charge is 0.242 e. The Hall–Kier alpha value is -2.16. The van der Waals surface area contributed by atoms with Gasteiger partial charge in [-0.05, 0) is 48.7 Å². The molecule has 1 aliphatic rings. The Balaban J connectivity index is 1.68. The SMILES string of the molecule is CCOc1cc(CC2SC(=S)N(CCOC)C2=O)ccc1OCc1cccc(F)c1. The monoisotopic (exact) mass is 449 g/mol. The number of carbonyl (C=O) groups excluding carboxylic acids is 1. The number of carbonyl (C=O) groups is 1. The maximum atomic E-state index is 13.4. The summed E-state index contributed by atoms with van der Waals surface area (Å²) >= 11 is 6.75. The van der Waals surface area contributed by atoms with Crippen LogP contribution in [-0.4, -0.2) is 47.2 Å². The van der Waals surface area contributed by atoms with Crippen molar-refractivity contribution in [2.75, 3.05) is 26.9 Å². The Morgan fingerprint density at radius 2 is 1.97 bits per heavy atom. The number of thioether (sulfide) groups is 1. The van der Waals surface area contributed by atoms with Gasteiger partial charge in [0.25, 0.3) is 0 Å². The van der Waals surface area contributed by atoms with E-state index < -0.39 is 0 Å². The van der Waals surface area contributed by atoms with Gasteiger partial charge in [0.05, 0.1) is 25.0 Å². The predicted molar refractivity (Wildman–Crippen MR) is 120 cm³/mol. The summed E-state index contributed by atoms with van der Waals surface area (Å²) in [6, 6.07) is 11.9. The first kappa shape index (κ1) is 22.5. The zero-order valence-corrected chi connectivity index (χ0v) is 18.6. The molecule has 5 nitrogen and oxygen atoms in total. The Labute approximate surface area is 185 Å². The number of thiocarbonyl (C=S) groups is 1. The average molecular weight is 450 g/mol. The first-order valence-electron chi connectivity index (χ1n) is 9.65. The number of hydrogen-bond acceptors (Lipinski definition) is 6. The van der Waals surface area contributed by atoms with Crippen molar-refractivity contribution in [2.24, 2.45) is 0 Å². The van der Waals surface area contributed by atoms with Gasteiger partial charge in [0, 0.05) is 7.11 Å². The van der Waals surface area contributed by atoms with Gasteiger partial charge in [0.2, 0.25) is 5.91 Å². The van der Waals surface area contributed by atoms with Crippen LogP contribution in [0.25, 0.3) is 0 Å². The van der Waals surface area contributed by atoms with Crippen molar-refractivity contribution in [3.8, 4) is 11.5 Å². The van der Waals surface area contributed by atoms with Crippen molar-refractivity contribution in [2.45, 2.75) is 25.2 Å². The lowest BCUT2D eigenvalue weighted by atomic mass is 10.1. The van der Waals surface area contributed by atoms with Gasteiger partial charge in [-0.1, -0.05) is 42.2 Å². The molecule has 0 aliphatic carbocycles. The molecular weight excluding hydrogens is 425 g/mol. The van der Waals surface area contributed by atoms with Crippen LogP contribution in [0.5, 0.6) is 11.5 Å². The second-order valence-electron chi connectivity index (χ2n) is 6.69. The van der Waals surface area contributed by atoms with E-state index in [-0.39, 0.29) is 23.6 Å². The summed E-state index contributed by atoms with van der Waals surface area (Å²) in [5.74, 6) is 0.882. The molecule has 1 amide bonds. The topological polar surface area (TPSA) is 48.0 Å². The molecule has 0 bridgehead atoms. The van der Waals surface area contributed by atoms with Gasteiger partial charge in [-0.2, -0.15) is 0 Å². The van der Waals surface area contributed by atoms with Crippen LogP contribution < -0.4 is 9.47 Å². The number of benzene rings is 2. The van der Waals surface area contributed by atoms with Gasteiger partial charge in [0.15, 0.2) is 11.5 Å². The molecular formula is C22H24FNO4S2. The lowest BCUT2D eigenvalue weighted by Gasteiger charge is -2.16. The summed E-state index contributed by atoms with van der Waals surface area (Å²) in [5.41, 5.74) is 1.69. The molecule has 3 rings (SSSR count). The van der Waals surface area contributed by atoms with Gasteiger partial charge in [-0.15, -0.1) is 0 Å². The summed E-state index contributed by atoms with van der Waals surface area (Å²) in [7, 11) is 1.60. The Bertz CT molecular complexity index is 908. The number of rotatable bonds is 10. The highest BCUT2D eigenvalue weighted by Gasteiger charge is 2.36. The van der Waals surface area contributed by atoms with E-state index in [0.29, 0.717) is 42.0 Å². The molecule has 1 unspecified atom stereocenters. The molecule has 0 saturated carbocycles. The maximum Gasteiger partial charge on any atom is 0.242 e. The van der Waals surface area contributed by atoms with E-state index in [1.807, 2.05) is 25.1 Å². The lowest BCUT2D eigenvalue weighted by Crippen LogP contribution is -2.34. The van der Waals surface area contributed by atoms with Gasteiger partial charge in [0.1, 0.15) is 16.7 Å². The zero-order chi connectivity index (χ0) is 21.5. The fourth-order valence-corrected chi connectivity index (χ4v) is 4.67. The minimum atomic E-state index is -0.298. The second-order valence-corrected chi connectivity index (χ2v) is 8.53. The number of methoxy groups -OCH3 is 1. The van der Waals surface area contributed by atoms with Gasteiger partial charge in [-0.25, -0.2) is 4.39 Å². The molecule has 0 N–H and O–H groups in total. The lowest BCUT2D eigenvalue weighted by molar-refractivity contribution is -0.126. The molecule has 30 heavy (non-hydrogen) atoms. The minimum Gasteiger partial charge on any atom is -0.490 e. The van der Waals surface area contributed by atoms with E-state index in [4.69, 9.17) is 26.4 Å². The highest BCUT2D eigenvalue weighted by Crippen LogP contribution is 2.33. The minimum absolute atomic E-state index is 0.00596. The summed E-state index contributed by atoms with van der Waals surface area (Å²) in [6.07, 6.45) is 0.539. The molecule has 0 spiro atoms. The maximum absolute atomic E-state index is 13.4. The molecule has 1 aliphatic heterocycles. The number of hydrogen-bond donors (Lipinski definition) is 0. The van der Waals surface area contributed by atoms with Crippen molar-refractivity contribution < 1.29 is 23.4 Å². The molecule has 1 atom stereocenters. The molecule has 1 heterocycles. The van der Waals surface area contributed by atoms with Crippen molar-refractivity contribution in [3.05, 3.63) is 59.4 Å². The van der Waals surface area contributed by atoms with Crippen LogP contribution in [0.1, 0.15) is 18.1 Å². The van der Waals surface area contributed by atoms with Crippen LogP contribution in [0.15, 0.2) is 42.5 Å².